The Kier molecular flexibility index (Phi) is 5.07. The lowest BCUT2D eigenvalue weighted by atomic mass is 10.0. The van der Waals surface area contributed by atoms with Crippen LogP contribution >= 0.6 is 0 Å². The molecular weight excluding hydrogens is 274 g/mol. The van der Waals surface area contributed by atoms with Gasteiger partial charge in [-0.25, -0.2) is 0 Å². The number of non-ortho nitro benzene ring substituents is 1. The second kappa shape index (κ2) is 7.21. The molecular formula is C19H17NO2. The first kappa shape index (κ1) is 15.5. The van der Waals surface area contributed by atoms with Crippen LogP contribution in [0.3, 0.4) is 0 Å². The highest BCUT2D eigenvalue weighted by atomic mass is 16.6. The van der Waals surface area contributed by atoms with Crippen molar-refractivity contribution < 1.29 is 4.92 Å². The van der Waals surface area contributed by atoms with Gasteiger partial charge in [0, 0.05) is 17.7 Å². The molecule has 3 heteroatoms. The summed E-state index contributed by atoms with van der Waals surface area (Å²) in [5, 5.41) is 10.9. The average Bonchev–Trinajstić information content (AvgIpc) is 2.55. The molecule has 2 aromatic rings. The average molecular weight is 291 g/mol. The summed E-state index contributed by atoms with van der Waals surface area (Å²) in [6.45, 7) is 5.69. The molecule has 0 aromatic heterocycles. The van der Waals surface area contributed by atoms with Gasteiger partial charge in [0.05, 0.1) is 4.92 Å². The van der Waals surface area contributed by atoms with Crippen molar-refractivity contribution in [2.24, 2.45) is 0 Å². The summed E-state index contributed by atoms with van der Waals surface area (Å²) in [6, 6.07) is 16.6. The lowest BCUT2D eigenvalue weighted by Gasteiger charge is -2.04. The number of nitro groups is 1. The van der Waals surface area contributed by atoms with Crippen molar-refractivity contribution >= 4 is 16.8 Å². The van der Waals surface area contributed by atoms with Crippen LogP contribution in [0.2, 0.25) is 0 Å². The zero-order valence-corrected chi connectivity index (χ0v) is 12.5. The highest BCUT2D eigenvalue weighted by Gasteiger charge is 2.07. The zero-order chi connectivity index (χ0) is 15.9. The number of nitro benzene ring substituents is 1. The van der Waals surface area contributed by atoms with Crippen molar-refractivity contribution in [2.75, 3.05) is 0 Å². The first-order valence-corrected chi connectivity index (χ1v) is 6.99. The minimum Gasteiger partial charge on any atom is -0.258 e. The largest absolute Gasteiger partial charge is 0.270 e. The summed E-state index contributed by atoms with van der Waals surface area (Å²) in [5.41, 5.74) is 7.20. The molecule has 0 aliphatic heterocycles. The van der Waals surface area contributed by atoms with Gasteiger partial charge in [0.25, 0.3) is 5.69 Å². The lowest BCUT2D eigenvalue weighted by molar-refractivity contribution is -0.384. The molecule has 0 amide bonds. The smallest absolute Gasteiger partial charge is 0.258 e. The van der Waals surface area contributed by atoms with Crippen molar-refractivity contribution in [3.8, 4) is 0 Å². The van der Waals surface area contributed by atoms with Crippen LogP contribution in [0, 0.1) is 10.1 Å². The minimum absolute atomic E-state index is 0.0867. The maximum atomic E-state index is 10.9. The summed E-state index contributed by atoms with van der Waals surface area (Å²) in [6.07, 6.45) is 2.52. The van der Waals surface area contributed by atoms with Gasteiger partial charge >= 0.3 is 0 Å². The Morgan fingerprint density at radius 3 is 2.50 bits per heavy atom. The van der Waals surface area contributed by atoms with Gasteiger partial charge in [-0.15, -0.1) is 12.3 Å². The first-order chi connectivity index (χ1) is 10.6. The lowest BCUT2D eigenvalue weighted by Crippen LogP contribution is -1.89. The third-order valence-electron chi connectivity index (χ3n) is 3.30. The van der Waals surface area contributed by atoms with Crippen LogP contribution < -0.4 is 0 Å². The summed E-state index contributed by atoms with van der Waals surface area (Å²) in [4.78, 5) is 10.5. The van der Waals surface area contributed by atoms with Crippen LogP contribution in [0.4, 0.5) is 5.69 Å². The summed E-state index contributed by atoms with van der Waals surface area (Å²) < 4.78 is 0. The molecule has 2 rings (SSSR count). The molecule has 3 nitrogen and oxygen atoms in total. The Morgan fingerprint density at radius 2 is 1.86 bits per heavy atom. The molecule has 2 aromatic carbocycles. The Bertz CT molecular complexity index is 754. The fourth-order valence-electron chi connectivity index (χ4n) is 2.18. The SMILES string of the molecule is C=CCC(=C=C(C)c1cccc([N+](=O)[O-])c1)c1ccccc1. The number of benzene rings is 2. The zero-order valence-electron chi connectivity index (χ0n) is 12.5. The second-order valence-electron chi connectivity index (χ2n) is 4.89. The fraction of sp³-hybridized carbons (Fsp3) is 0.105. The van der Waals surface area contributed by atoms with Crippen molar-refractivity contribution in [3.63, 3.8) is 0 Å². The van der Waals surface area contributed by atoms with Gasteiger partial charge in [-0.2, -0.15) is 0 Å². The van der Waals surface area contributed by atoms with E-state index in [-0.39, 0.29) is 10.6 Å². The predicted octanol–water partition coefficient (Wildman–Crippen LogP) is 5.26. The van der Waals surface area contributed by atoms with E-state index in [1.54, 1.807) is 12.1 Å². The second-order valence-corrected chi connectivity index (χ2v) is 4.89. The normalized spacial score (nSPS) is 9.68. The van der Waals surface area contributed by atoms with Crippen LogP contribution in [0.15, 0.2) is 73.0 Å². The van der Waals surface area contributed by atoms with Gasteiger partial charge in [-0.1, -0.05) is 48.5 Å². The van der Waals surface area contributed by atoms with Crippen LogP contribution in [0.25, 0.3) is 11.1 Å². The highest BCUT2D eigenvalue weighted by Crippen LogP contribution is 2.23. The Balaban J connectivity index is 2.52. The molecule has 0 saturated carbocycles. The van der Waals surface area contributed by atoms with Crippen LogP contribution in [-0.2, 0) is 0 Å². The molecule has 110 valence electrons. The standard InChI is InChI=1S/C19H17NO2/c1-3-8-18(16-9-5-4-6-10-16)13-15(2)17-11-7-12-19(14-17)20(21)22/h3-7,9-12,14H,1,8H2,2H3. The van der Waals surface area contributed by atoms with Gasteiger partial charge in [0.15, 0.2) is 0 Å². The topological polar surface area (TPSA) is 43.1 Å². The molecule has 0 aliphatic carbocycles. The molecule has 0 radical (unpaired) electrons. The van der Waals surface area contributed by atoms with E-state index in [2.05, 4.69) is 12.3 Å². The van der Waals surface area contributed by atoms with E-state index >= 15 is 0 Å². The van der Waals surface area contributed by atoms with E-state index in [0.29, 0.717) is 6.42 Å². The molecule has 22 heavy (non-hydrogen) atoms. The number of nitrogens with zero attached hydrogens (tertiary/aromatic N) is 1. The molecule has 0 saturated heterocycles. The van der Waals surface area contributed by atoms with Crippen LogP contribution in [-0.4, -0.2) is 4.92 Å². The number of rotatable bonds is 5. The van der Waals surface area contributed by atoms with Gasteiger partial charge in [-0.3, -0.25) is 10.1 Å². The monoisotopic (exact) mass is 291 g/mol. The van der Waals surface area contributed by atoms with Crippen LogP contribution in [0.1, 0.15) is 24.5 Å². The number of allylic oxidation sites excluding steroid dienone is 2. The molecule has 0 N–H and O–H groups in total. The predicted molar refractivity (Wildman–Crippen MR) is 90.4 cm³/mol. The molecule has 0 unspecified atom stereocenters. The summed E-state index contributed by atoms with van der Waals surface area (Å²) >= 11 is 0. The van der Waals surface area contributed by atoms with Gasteiger partial charge < -0.3 is 0 Å². The van der Waals surface area contributed by atoms with Crippen molar-refractivity contribution in [1.82, 2.24) is 0 Å². The maximum absolute atomic E-state index is 10.9. The number of hydrogen-bond acceptors (Lipinski definition) is 2. The van der Waals surface area contributed by atoms with E-state index in [1.165, 1.54) is 6.07 Å². The molecule has 0 fully saturated rings. The summed E-state index contributed by atoms with van der Waals surface area (Å²) in [5.74, 6) is 0. The van der Waals surface area contributed by atoms with Gasteiger partial charge in [-0.05, 0) is 30.0 Å². The first-order valence-electron chi connectivity index (χ1n) is 6.99. The third-order valence-corrected chi connectivity index (χ3v) is 3.30. The Morgan fingerprint density at radius 1 is 1.18 bits per heavy atom. The van der Waals surface area contributed by atoms with Crippen molar-refractivity contribution in [1.29, 1.82) is 0 Å². The Hall–Kier alpha value is -2.90. The quantitative estimate of drug-likeness (QED) is 0.326. The summed E-state index contributed by atoms with van der Waals surface area (Å²) in [7, 11) is 0. The van der Waals surface area contributed by atoms with Gasteiger partial charge in [0.1, 0.15) is 0 Å². The molecule has 0 spiro atoms. The van der Waals surface area contributed by atoms with Gasteiger partial charge in [0.2, 0.25) is 0 Å². The highest BCUT2D eigenvalue weighted by molar-refractivity contribution is 5.75. The van der Waals surface area contributed by atoms with E-state index < -0.39 is 0 Å². The van der Waals surface area contributed by atoms with E-state index in [9.17, 15) is 10.1 Å². The van der Waals surface area contributed by atoms with Crippen LogP contribution in [0.5, 0.6) is 0 Å². The third kappa shape index (κ3) is 3.81. The van der Waals surface area contributed by atoms with E-state index in [0.717, 1.165) is 22.3 Å². The molecule has 0 bridgehead atoms. The van der Waals surface area contributed by atoms with Crippen molar-refractivity contribution in [2.45, 2.75) is 13.3 Å². The fourth-order valence-corrected chi connectivity index (χ4v) is 2.18. The van der Waals surface area contributed by atoms with E-state index in [1.807, 2.05) is 49.4 Å². The molecule has 0 aliphatic rings. The molecule has 0 atom stereocenters. The maximum Gasteiger partial charge on any atom is 0.270 e. The Labute approximate surface area is 130 Å². The van der Waals surface area contributed by atoms with E-state index in [4.69, 9.17) is 0 Å². The van der Waals surface area contributed by atoms with Crippen molar-refractivity contribution in [3.05, 3.63) is 94.2 Å². The minimum atomic E-state index is -0.387. The molecule has 0 heterocycles. The number of hydrogen-bond donors (Lipinski definition) is 0.